The van der Waals surface area contributed by atoms with Gasteiger partial charge in [-0.25, -0.2) is 13.6 Å². The Bertz CT molecular complexity index is 1090. The Morgan fingerprint density at radius 1 is 1.04 bits per heavy atom. The van der Waals surface area contributed by atoms with Crippen LogP contribution in [0, 0.1) is 11.6 Å². The fourth-order valence-electron chi connectivity index (χ4n) is 2.68. The van der Waals surface area contributed by atoms with Crippen LogP contribution in [0.5, 0.6) is 0 Å². The van der Waals surface area contributed by atoms with Crippen LogP contribution >= 0.6 is 0 Å². The minimum absolute atomic E-state index is 0.0411. The van der Waals surface area contributed by atoms with E-state index in [1.54, 1.807) is 36.4 Å². The van der Waals surface area contributed by atoms with Crippen molar-refractivity contribution in [2.24, 2.45) is 0 Å². The van der Waals surface area contributed by atoms with Crippen LogP contribution in [0.15, 0.2) is 60.2 Å². The van der Waals surface area contributed by atoms with Crippen molar-refractivity contribution in [1.29, 1.82) is 0 Å². The third kappa shape index (κ3) is 3.84. The lowest BCUT2D eigenvalue weighted by Crippen LogP contribution is -2.15. The number of amides is 1. The van der Waals surface area contributed by atoms with E-state index < -0.39 is 23.5 Å². The molecule has 0 saturated heterocycles. The first-order chi connectivity index (χ1) is 12.9. The SMILES string of the molecule is CC(=Cc1ccc2ccccc2c1F)C(=O)Nc1ccc(F)cc1C(=O)O. The minimum Gasteiger partial charge on any atom is -0.478 e. The number of hydrogen-bond acceptors (Lipinski definition) is 2. The first-order valence-electron chi connectivity index (χ1n) is 8.06. The van der Waals surface area contributed by atoms with Crippen molar-refractivity contribution in [2.75, 3.05) is 5.32 Å². The molecular weight excluding hydrogens is 352 g/mol. The molecule has 1 amide bonds. The van der Waals surface area contributed by atoms with Gasteiger partial charge in [0, 0.05) is 16.5 Å². The zero-order valence-electron chi connectivity index (χ0n) is 14.3. The molecule has 0 radical (unpaired) electrons. The van der Waals surface area contributed by atoms with Gasteiger partial charge in [-0.15, -0.1) is 0 Å². The number of halogens is 2. The van der Waals surface area contributed by atoms with Gasteiger partial charge in [0.15, 0.2) is 0 Å². The summed E-state index contributed by atoms with van der Waals surface area (Å²) in [6, 6.07) is 13.3. The molecule has 6 heteroatoms. The van der Waals surface area contributed by atoms with E-state index in [4.69, 9.17) is 5.11 Å². The molecule has 136 valence electrons. The predicted octanol–water partition coefficient (Wildman–Crippen LogP) is 4.86. The number of rotatable bonds is 4. The Balaban J connectivity index is 1.90. The Labute approximate surface area is 153 Å². The van der Waals surface area contributed by atoms with Gasteiger partial charge in [-0.3, -0.25) is 4.79 Å². The maximum atomic E-state index is 14.6. The van der Waals surface area contributed by atoms with Crippen molar-refractivity contribution in [2.45, 2.75) is 6.92 Å². The van der Waals surface area contributed by atoms with Crippen LogP contribution in [0.3, 0.4) is 0 Å². The minimum atomic E-state index is -1.37. The molecule has 27 heavy (non-hydrogen) atoms. The first-order valence-corrected chi connectivity index (χ1v) is 8.06. The van der Waals surface area contributed by atoms with Crippen LogP contribution in [0.1, 0.15) is 22.8 Å². The molecule has 0 spiro atoms. The second-order valence-corrected chi connectivity index (χ2v) is 5.97. The molecule has 3 aromatic carbocycles. The fraction of sp³-hybridized carbons (Fsp3) is 0.0476. The van der Waals surface area contributed by atoms with Gasteiger partial charge in [0.05, 0.1) is 11.3 Å². The van der Waals surface area contributed by atoms with E-state index in [-0.39, 0.29) is 22.4 Å². The molecule has 0 atom stereocenters. The summed E-state index contributed by atoms with van der Waals surface area (Å²) in [6.07, 6.45) is 1.38. The molecule has 0 aliphatic rings. The average Bonchev–Trinajstić information content (AvgIpc) is 2.65. The van der Waals surface area contributed by atoms with Gasteiger partial charge >= 0.3 is 5.97 Å². The van der Waals surface area contributed by atoms with Crippen molar-refractivity contribution in [3.8, 4) is 0 Å². The Morgan fingerprint density at radius 2 is 1.78 bits per heavy atom. The fourth-order valence-corrected chi connectivity index (χ4v) is 2.68. The van der Waals surface area contributed by atoms with Crippen LogP contribution in [-0.2, 0) is 4.79 Å². The van der Waals surface area contributed by atoms with Gasteiger partial charge < -0.3 is 10.4 Å². The number of carbonyl (C=O) groups is 2. The highest BCUT2D eigenvalue weighted by Gasteiger charge is 2.15. The predicted molar refractivity (Wildman–Crippen MR) is 99.5 cm³/mol. The summed E-state index contributed by atoms with van der Waals surface area (Å²) in [7, 11) is 0. The van der Waals surface area contributed by atoms with E-state index in [1.807, 2.05) is 0 Å². The third-order valence-corrected chi connectivity index (χ3v) is 4.08. The van der Waals surface area contributed by atoms with Crippen LogP contribution in [0.25, 0.3) is 16.8 Å². The van der Waals surface area contributed by atoms with Crippen molar-refractivity contribution < 1.29 is 23.5 Å². The number of carboxylic acids is 1. The number of carboxylic acid groups (broad SMARTS) is 1. The summed E-state index contributed by atoms with van der Waals surface area (Å²) < 4.78 is 27.9. The summed E-state index contributed by atoms with van der Waals surface area (Å²) in [5.41, 5.74) is -0.00238. The van der Waals surface area contributed by atoms with Crippen LogP contribution < -0.4 is 5.32 Å². The molecule has 0 heterocycles. The molecule has 0 fully saturated rings. The molecule has 3 rings (SSSR count). The average molecular weight is 367 g/mol. The monoisotopic (exact) mass is 367 g/mol. The Kier molecular flexibility index (Phi) is 4.98. The van der Waals surface area contributed by atoms with E-state index >= 15 is 0 Å². The standard InChI is InChI=1S/C21H15F2NO3/c1-12(10-14-7-6-13-4-2-3-5-16(13)19(14)23)20(25)24-18-9-8-15(22)11-17(18)21(26)27/h2-11H,1H3,(H,24,25)(H,26,27). The van der Waals surface area contributed by atoms with Gasteiger partial charge in [0.25, 0.3) is 5.91 Å². The number of benzene rings is 3. The van der Waals surface area contributed by atoms with Crippen LogP contribution in [0.2, 0.25) is 0 Å². The van der Waals surface area contributed by atoms with Crippen molar-refractivity contribution in [1.82, 2.24) is 0 Å². The number of anilines is 1. The molecule has 0 saturated carbocycles. The summed E-state index contributed by atoms with van der Waals surface area (Å²) in [6.45, 7) is 1.48. The largest absolute Gasteiger partial charge is 0.478 e. The number of hydrogen-bond donors (Lipinski definition) is 2. The quantitative estimate of drug-likeness (QED) is 0.647. The number of fused-ring (bicyclic) bond motifs is 1. The second kappa shape index (κ2) is 7.37. The van der Waals surface area contributed by atoms with Crippen LogP contribution in [0.4, 0.5) is 14.5 Å². The van der Waals surface area contributed by atoms with Crippen LogP contribution in [-0.4, -0.2) is 17.0 Å². The van der Waals surface area contributed by atoms with E-state index in [2.05, 4.69) is 5.32 Å². The zero-order chi connectivity index (χ0) is 19.6. The van der Waals surface area contributed by atoms with Gasteiger partial charge in [-0.2, -0.15) is 0 Å². The first kappa shape index (κ1) is 18.3. The lowest BCUT2D eigenvalue weighted by atomic mass is 10.0. The molecule has 4 nitrogen and oxygen atoms in total. The summed E-state index contributed by atoms with van der Waals surface area (Å²) in [4.78, 5) is 23.6. The number of nitrogens with one attached hydrogen (secondary N) is 1. The van der Waals surface area contributed by atoms with Crippen molar-refractivity contribution >= 4 is 34.4 Å². The smallest absolute Gasteiger partial charge is 0.337 e. The Morgan fingerprint density at radius 3 is 2.52 bits per heavy atom. The Hall–Kier alpha value is -3.54. The van der Waals surface area contributed by atoms with E-state index in [9.17, 15) is 18.4 Å². The van der Waals surface area contributed by atoms with E-state index in [1.165, 1.54) is 19.1 Å². The van der Waals surface area contributed by atoms with Crippen molar-refractivity contribution in [3.05, 3.63) is 82.9 Å². The number of carbonyl (C=O) groups excluding carboxylic acids is 1. The molecule has 0 aliphatic heterocycles. The molecule has 0 aromatic heterocycles. The maximum Gasteiger partial charge on any atom is 0.337 e. The molecule has 2 N–H and O–H groups in total. The molecule has 3 aromatic rings. The van der Waals surface area contributed by atoms with Gasteiger partial charge in [0.1, 0.15) is 11.6 Å². The highest BCUT2D eigenvalue weighted by atomic mass is 19.1. The highest BCUT2D eigenvalue weighted by Crippen LogP contribution is 2.23. The zero-order valence-corrected chi connectivity index (χ0v) is 14.3. The molecule has 0 bridgehead atoms. The highest BCUT2D eigenvalue weighted by molar-refractivity contribution is 6.09. The lowest BCUT2D eigenvalue weighted by Gasteiger charge is -2.09. The van der Waals surface area contributed by atoms with Crippen molar-refractivity contribution in [3.63, 3.8) is 0 Å². The summed E-state index contributed by atoms with van der Waals surface area (Å²) in [5, 5.41) is 12.7. The molecular formula is C21H15F2NO3. The van der Waals surface area contributed by atoms with Gasteiger partial charge in [-0.1, -0.05) is 36.4 Å². The molecule has 0 unspecified atom stereocenters. The molecule has 0 aliphatic carbocycles. The van der Waals surface area contributed by atoms with Gasteiger partial charge in [0.2, 0.25) is 0 Å². The van der Waals surface area contributed by atoms with E-state index in [0.717, 1.165) is 17.5 Å². The second-order valence-electron chi connectivity index (χ2n) is 5.97. The van der Waals surface area contributed by atoms with E-state index in [0.29, 0.717) is 5.39 Å². The maximum absolute atomic E-state index is 14.6. The lowest BCUT2D eigenvalue weighted by molar-refractivity contribution is -0.112. The summed E-state index contributed by atoms with van der Waals surface area (Å²) >= 11 is 0. The normalized spacial score (nSPS) is 11.4. The topological polar surface area (TPSA) is 66.4 Å². The van der Waals surface area contributed by atoms with Gasteiger partial charge in [-0.05, 0) is 36.6 Å². The third-order valence-electron chi connectivity index (χ3n) is 4.08. The summed E-state index contributed by atoms with van der Waals surface area (Å²) in [5.74, 6) is -3.16. The number of aromatic carboxylic acids is 1.